The Morgan fingerprint density at radius 3 is 1.96 bits per heavy atom. The third-order valence-corrected chi connectivity index (χ3v) is 4.08. The van der Waals surface area contributed by atoms with E-state index in [-0.39, 0.29) is 5.54 Å². The molecule has 1 unspecified atom stereocenters. The predicted molar refractivity (Wildman–Crippen MR) is 102 cm³/mol. The minimum atomic E-state index is -0.0961. The highest BCUT2D eigenvalue weighted by Crippen LogP contribution is 2.26. The van der Waals surface area contributed by atoms with Crippen molar-refractivity contribution in [3.63, 3.8) is 0 Å². The van der Waals surface area contributed by atoms with E-state index in [1.54, 1.807) is 0 Å². The summed E-state index contributed by atoms with van der Waals surface area (Å²) >= 11 is 0. The third-order valence-electron chi connectivity index (χ3n) is 4.08. The SMILES string of the molecule is CC(C)CC(C)Nc1ccc(NC(C)(C)c2ccccc2)cc1. The Balaban J connectivity index is 2.00. The molecule has 23 heavy (non-hydrogen) atoms. The van der Waals surface area contributed by atoms with E-state index in [0.717, 1.165) is 5.69 Å². The molecule has 2 aromatic rings. The Morgan fingerprint density at radius 2 is 1.39 bits per heavy atom. The zero-order chi connectivity index (χ0) is 16.9. The number of anilines is 2. The van der Waals surface area contributed by atoms with E-state index in [0.29, 0.717) is 12.0 Å². The molecule has 2 rings (SSSR count). The number of hydrogen-bond acceptors (Lipinski definition) is 2. The number of hydrogen-bond donors (Lipinski definition) is 2. The second kappa shape index (κ2) is 7.54. The van der Waals surface area contributed by atoms with Crippen molar-refractivity contribution in [2.75, 3.05) is 10.6 Å². The number of rotatable bonds is 7. The average Bonchev–Trinajstić information content (AvgIpc) is 2.49. The number of benzene rings is 2. The lowest BCUT2D eigenvalue weighted by atomic mass is 9.94. The summed E-state index contributed by atoms with van der Waals surface area (Å²) in [6.45, 7) is 11.2. The third kappa shape index (κ3) is 5.31. The van der Waals surface area contributed by atoms with Crippen LogP contribution in [0.5, 0.6) is 0 Å². The molecule has 0 saturated heterocycles. The maximum Gasteiger partial charge on any atom is 0.0569 e. The molecule has 1 atom stereocenters. The van der Waals surface area contributed by atoms with Crippen molar-refractivity contribution < 1.29 is 0 Å². The van der Waals surface area contributed by atoms with Crippen LogP contribution >= 0.6 is 0 Å². The van der Waals surface area contributed by atoms with Crippen molar-refractivity contribution in [2.24, 2.45) is 5.92 Å². The summed E-state index contributed by atoms with van der Waals surface area (Å²) in [5, 5.41) is 7.19. The van der Waals surface area contributed by atoms with Gasteiger partial charge in [0, 0.05) is 17.4 Å². The predicted octanol–water partition coefficient (Wildman–Crippen LogP) is 5.88. The monoisotopic (exact) mass is 310 g/mol. The zero-order valence-electron chi connectivity index (χ0n) is 15.1. The summed E-state index contributed by atoms with van der Waals surface area (Å²) < 4.78 is 0. The second-order valence-electron chi connectivity index (χ2n) is 7.37. The van der Waals surface area contributed by atoms with Crippen molar-refractivity contribution in [1.82, 2.24) is 0 Å². The molecular weight excluding hydrogens is 280 g/mol. The van der Waals surface area contributed by atoms with Gasteiger partial charge in [-0.3, -0.25) is 0 Å². The van der Waals surface area contributed by atoms with E-state index in [9.17, 15) is 0 Å². The van der Waals surface area contributed by atoms with Crippen LogP contribution in [0, 0.1) is 5.92 Å². The fraction of sp³-hybridized carbons (Fsp3) is 0.429. The van der Waals surface area contributed by atoms with Crippen LogP contribution in [-0.2, 0) is 5.54 Å². The molecule has 0 fully saturated rings. The van der Waals surface area contributed by atoms with Crippen LogP contribution in [0.3, 0.4) is 0 Å². The van der Waals surface area contributed by atoms with Crippen LogP contribution in [0.2, 0.25) is 0 Å². The molecule has 0 saturated carbocycles. The molecule has 0 heterocycles. The Morgan fingerprint density at radius 1 is 0.826 bits per heavy atom. The summed E-state index contributed by atoms with van der Waals surface area (Å²) in [6, 6.07) is 19.6. The van der Waals surface area contributed by atoms with Gasteiger partial charge in [0.25, 0.3) is 0 Å². The van der Waals surface area contributed by atoms with Crippen molar-refractivity contribution in [1.29, 1.82) is 0 Å². The van der Waals surface area contributed by atoms with Crippen LogP contribution in [-0.4, -0.2) is 6.04 Å². The van der Waals surface area contributed by atoms with Gasteiger partial charge in [-0.2, -0.15) is 0 Å². The maximum atomic E-state index is 3.62. The largest absolute Gasteiger partial charge is 0.383 e. The van der Waals surface area contributed by atoms with E-state index >= 15 is 0 Å². The summed E-state index contributed by atoms with van der Waals surface area (Å²) in [4.78, 5) is 0. The van der Waals surface area contributed by atoms with E-state index in [2.05, 4.69) is 99.8 Å². The fourth-order valence-electron chi connectivity index (χ4n) is 2.99. The summed E-state index contributed by atoms with van der Waals surface area (Å²) in [6.07, 6.45) is 1.18. The van der Waals surface area contributed by atoms with E-state index in [1.807, 2.05) is 0 Å². The van der Waals surface area contributed by atoms with Crippen LogP contribution in [0.1, 0.15) is 46.6 Å². The summed E-state index contributed by atoms with van der Waals surface area (Å²) in [7, 11) is 0. The van der Waals surface area contributed by atoms with Crippen molar-refractivity contribution in [3.05, 3.63) is 60.2 Å². The van der Waals surface area contributed by atoms with Crippen LogP contribution in [0.4, 0.5) is 11.4 Å². The summed E-state index contributed by atoms with van der Waals surface area (Å²) in [5.41, 5.74) is 3.51. The first-order valence-corrected chi connectivity index (χ1v) is 8.57. The first kappa shape index (κ1) is 17.4. The van der Waals surface area contributed by atoms with E-state index < -0.39 is 0 Å². The van der Waals surface area contributed by atoms with Crippen LogP contribution < -0.4 is 10.6 Å². The molecule has 0 spiro atoms. The molecule has 2 N–H and O–H groups in total. The van der Waals surface area contributed by atoms with E-state index in [1.165, 1.54) is 17.7 Å². The molecule has 0 aliphatic rings. The van der Waals surface area contributed by atoms with E-state index in [4.69, 9.17) is 0 Å². The van der Waals surface area contributed by atoms with Crippen molar-refractivity contribution in [2.45, 2.75) is 52.6 Å². The lowest BCUT2D eigenvalue weighted by Gasteiger charge is -2.28. The topological polar surface area (TPSA) is 24.1 Å². The van der Waals surface area contributed by atoms with Gasteiger partial charge in [0.15, 0.2) is 0 Å². The first-order chi connectivity index (χ1) is 10.9. The lowest BCUT2D eigenvalue weighted by Crippen LogP contribution is -2.27. The Hall–Kier alpha value is -1.96. The molecule has 124 valence electrons. The average molecular weight is 310 g/mol. The molecule has 0 amide bonds. The van der Waals surface area contributed by atoms with Gasteiger partial charge in [0.1, 0.15) is 0 Å². The molecule has 2 aromatic carbocycles. The summed E-state index contributed by atoms with van der Waals surface area (Å²) in [5.74, 6) is 0.713. The first-order valence-electron chi connectivity index (χ1n) is 8.57. The van der Waals surface area contributed by atoms with Gasteiger partial charge in [-0.1, -0.05) is 44.2 Å². The quantitative estimate of drug-likeness (QED) is 0.667. The molecule has 2 heteroatoms. The molecule has 0 aliphatic heterocycles. The second-order valence-corrected chi connectivity index (χ2v) is 7.37. The standard InChI is InChI=1S/C21H30N2/c1-16(2)15-17(3)22-19-11-13-20(14-12-19)23-21(4,5)18-9-7-6-8-10-18/h6-14,16-17,22-23H,15H2,1-5H3. The Bertz CT molecular complexity index is 585. The zero-order valence-corrected chi connectivity index (χ0v) is 15.1. The van der Waals surface area contributed by atoms with Gasteiger partial charge < -0.3 is 10.6 Å². The highest BCUT2D eigenvalue weighted by molar-refractivity contribution is 5.55. The molecule has 0 aliphatic carbocycles. The molecule has 0 aromatic heterocycles. The minimum Gasteiger partial charge on any atom is -0.383 e. The highest BCUT2D eigenvalue weighted by Gasteiger charge is 2.19. The van der Waals surface area contributed by atoms with Gasteiger partial charge in [-0.15, -0.1) is 0 Å². The van der Waals surface area contributed by atoms with Gasteiger partial charge in [-0.05, 0) is 62.9 Å². The maximum absolute atomic E-state index is 3.62. The highest BCUT2D eigenvalue weighted by atomic mass is 15.0. The van der Waals surface area contributed by atoms with Gasteiger partial charge in [0.05, 0.1) is 5.54 Å². The van der Waals surface area contributed by atoms with Crippen molar-refractivity contribution in [3.8, 4) is 0 Å². The lowest BCUT2D eigenvalue weighted by molar-refractivity contribution is 0.540. The smallest absolute Gasteiger partial charge is 0.0569 e. The Labute approximate surface area is 141 Å². The van der Waals surface area contributed by atoms with Gasteiger partial charge in [0.2, 0.25) is 0 Å². The molecule has 0 bridgehead atoms. The molecule has 2 nitrogen and oxygen atoms in total. The molecule has 0 radical (unpaired) electrons. The van der Waals surface area contributed by atoms with Crippen molar-refractivity contribution >= 4 is 11.4 Å². The van der Waals surface area contributed by atoms with Crippen LogP contribution in [0.15, 0.2) is 54.6 Å². The minimum absolute atomic E-state index is 0.0961. The normalized spacial score (nSPS) is 13.0. The van der Waals surface area contributed by atoms with Gasteiger partial charge >= 0.3 is 0 Å². The molecular formula is C21H30N2. The Kier molecular flexibility index (Phi) is 5.70. The van der Waals surface area contributed by atoms with Crippen LogP contribution in [0.25, 0.3) is 0 Å². The van der Waals surface area contributed by atoms with Gasteiger partial charge in [-0.25, -0.2) is 0 Å². The number of nitrogens with one attached hydrogen (secondary N) is 2. The fourth-order valence-corrected chi connectivity index (χ4v) is 2.99.